The van der Waals surface area contributed by atoms with E-state index in [1.165, 1.54) is 21.8 Å². The highest BCUT2D eigenvalue weighted by Crippen LogP contribution is 2.32. The van der Waals surface area contributed by atoms with Crippen molar-refractivity contribution in [3.8, 4) is 0 Å². The Kier molecular flexibility index (Phi) is 6.28. The molecule has 0 spiro atoms. The monoisotopic (exact) mass is 449 g/mol. The number of hydrogen-bond acceptors (Lipinski definition) is 4. The largest absolute Gasteiger partial charge is 0.343 e. The number of carbonyl (C=O) groups is 3. The van der Waals surface area contributed by atoms with Crippen LogP contribution in [-0.2, 0) is 17.6 Å². The van der Waals surface area contributed by atoms with Gasteiger partial charge in [0.2, 0.25) is 0 Å². The summed E-state index contributed by atoms with van der Waals surface area (Å²) in [5.41, 5.74) is 6.41. The molecule has 3 amide bonds. The van der Waals surface area contributed by atoms with Gasteiger partial charge in [0.25, 0.3) is 17.7 Å². The molecule has 0 saturated carbocycles. The molecular weight excluding hydrogens is 430 g/mol. The summed E-state index contributed by atoms with van der Waals surface area (Å²) in [4.78, 5) is 38.0. The molecule has 3 rings (SSSR count). The first-order valence-corrected chi connectivity index (χ1v) is 10.3. The lowest BCUT2D eigenvalue weighted by Crippen LogP contribution is -2.46. The van der Waals surface area contributed by atoms with Gasteiger partial charge in [0.15, 0.2) is 0 Å². The molecule has 1 heterocycles. The number of hydrogen-bond donors (Lipinski definition) is 3. The van der Waals surface area contributed by atoms with Gasteiger partial charge in [0, 0.05) is 14.9 Å². The van der Waals surface area contributed by atoms with Gasteiger partial charge in [-0.1, -0.05) is 28.9 Å². The van der Waals surface area contributed by atoms with E-state index in [2.05, 4.69) is 39.0 Å². The molecule has 0 aliphatic heterocycles. The molecule has 1 aliphatic carbocycles. The van der Waals surface area contributed by atoms with Crippen LogP contribution in [0.1, 0.15) is 43.8 Å². The Labute approximate surface area is 169 Å². The minimum Gasteiger partial charge on any atom is -0.343 e. The number of nitrogens with one attached hydrogen (secondary N) is 3. The standard InChI is InChI=1S/C19H20BrN3O3S/c1-11-5-6-15-13(7-11)9-16(27-15)19(26)23-22-17(24)10-21-18(25)12-3-2-4-14(20)8-12/h2-4,8-9,11H,5-7,10H2,1H3,(H,21,25)(H,22,24)(H,23,26). The zero-order valence-electron chi connectivity index (χ0n) is 14.8. The number of amides is 3. The number of carbonyl (C=O) groups excluding carboxylic acids is 3. The van der Waals surface area contributed by atoms with Gasteiger partial charge in [0.1, 0.15) is 0 Å². The average Bonchev–Trinajstić information content (AvgIpc) is 3.07. The first-order chi connectivity index (χ1) is 12.9. The average molecular weight is 450 g/mol. The first-order valence-electron chi connectivity index (χ1n) is 8.67. The van der Waals surface area contributed by atoms with Gasteiger partial charge < -0.3 is 5.32 Å². The molecule has 6 nitrogen and oxygen atoms in total. The fourth-order valence-electron chi connectivity index (χ4n) is 2.94. The Bertz CT molecular complexity index is 881. The van der Waals surface area contributed by atoms with Gasteiger partial charge in [-0.25, -0.2) is 0 Å². The lowest BCUT2D eigenvalue weighted by atomic mass is 9.90. The van der Waals surface area contributed by atoms with Crippen LogP contribution >= 0.6 is 27.3 Å². The van der Waals surface area contributed by atoms with Crippen molar-refractivity contribution in [2.75, 3.05) is 6.54 Å². The van der Waals surface area contributed by atoms with E-state index in [0.29, 0.717) is 16.4 Å². The van der Waals surface area contributed by atoms with E-state index in [0.717, 1.165) is 23.7 Å². The Balaban J connectivity index is 1.46. The van der Waals surface area contributed by atoms with Crippen molar-refractivity contribution in [3.05, 3.63) is 55.7 Å². The van der Waals surface area contributed by atoms with E-state index in [1.54, 1.807) is 18.2 Å². The van der Waals surface area contributed by atoms with E-state index < -0.39 is 5.91 Å². The number of rotatable bonds is 4. The quantitative estimate of drug-likeness (QED) is 0.627. The third-order valence-corrected chi connectivity index (χ3v) is 6.09. The number of thiophene rings is 1. The second-order valence-corrected chi connectivity index (χ2v) is 8.65. The molecule has 0 fully saturated rings. The van der Waals surface area contributed by atoms with Crippen LogP contribution in [0.3, 0.4) is 0 Å². The summed E-state index contributed by atoms with van der Waals surface area (Å²) < 4.78 is 0.778. The summed E-state index contributed by atoms with van der Waals surface area (Å²) in [5.74, 6) is -0.565. The molecule has 2 aromatic rings. The first kappa shape index (κ1) is 19.6. The molecule has 3 N–H and O–H groups in total. The van der Waals surface area contributed by atoms with E-state index >= 15 is 0 Å². The lowest BCUT2D eigenvalue weighted by molar-refractivity contribution is -0.120. The second-order valence-electron chi connectivity index (χ2n) is 6.60. The maximum absolute atomic E-state index is 12.2. The minimum absolute atomic E-state index is 0.232. The Morgan fingerprint density at radius 1 is 1.19 bits per heavy atom. The molecular formula is C19H20BrN3O3S. The van der Waals surface area contributed by atoms with E-state index in [1.807, 2.05) is 12.1 Å². The maximum Gasteiger partial charge on any atom is 0.279 e. The molecule has 1 aromatic heterocycles. The van der Waals surface area contributed by atoms with Gasteiger partial charge >= 0.3 is 0 Å². The molecule has 1 aliphatic rings. The summed E-state index contributed by atoms with van der Waals surface area (Å²) in [6.45, 7) is 1.98. The SMILES string of the molecule is CC1CCc2sc(C(=O)NNC(=O)CNC(=O)c3cccc(Br)c3)cc2C1. The molecule has 1 aromatic carbocycles. The topological polar surface area (TPSA) is 87.3 Å². The summed E-state index contributed by atoms with van der Waals surface area (Å²) in [5, 5.41) is 2.51. The number of benzene rings is 1. The lowest BCUT2D eigenvalue weighted by Gasteiger charge is -2.16. The smallest absolute Gasteiger partial charge is 0.279 e. The van der Waals surface area contributed by atoms with Crippen molar-refractivity contribution in [1.29, 1.82) is 0 Å². The molecule has 0 bridgehead atoms. The van der Waals surface area contributed by atoms with Crippen LogP contribution in [0, 0.1) is 5.92 Å². The van der Waals surface area contributed by atoms with Crippen molar-refractivity contribution in [3.63, 3.8) is 0 Å². The van der Waals surface area contributed by atoms with Gasteiger partial charge in [-0.15, -0.1) is 11.3 Å². The van der Waals surface area contributed by atoms with Gasteiger partial charge in [-0.3, -0.25) is 25.2 Å². The van der Waals surface area contributed by atoms with Crippen LogP contribution in [0.2, 0.25) is 0 Å². The van der Waals surface area contributed by atoms with Crippen molar-refractivity contribution in [1.82, 2.24) is 16.2 Å². The van der Waals surface area contributed by atoms with Gasteiger partial charge in [-0.2, -0.15) is 0 Å². The van der Waals surface area contributed by atoms with Crippen LogP contribution in [0.5, 0.6) is 0 Å². The Morgan fingerprint density at radius 2 is 2.00 bits per heavy atom. The Hall–Kier alpha value is -2.19. The van der Waals surface area contributed by atoms with E-state index in [4.69, 9.17) is 0 Å². The molecule has 1 atom stereocenters. The number of hydrazine groups is 1. The zero-order valence-corrected chi connectivity index (χ0v) is 17.2. The number of fused-ring (bicyclic) bond motifs is 1. The molecule has 27 heavy (non-hydrogen) atoms. The summed E-state index contributed by atoms with van der Waals surface area (Å²) in [7, 11) is 0. The van der Waals surface area contributed by atoms with Crippen molar-refractivity contribution < 1.29 is 14.4 Å². The molecule has 142 valence electrons. The highest BCUT2D eigenvalue weighted by atomic mass is 79.9. The fraction of sp³-hybridized carbons (Fsp3) is 0.316. The maximum atomic E-state index is 12.2. The summed E-state index contributed by atoms with van der Waals surface area (Å²) in [6.07, 6.45) is 3.14. The molecule has 0 saturated heterocycles. The summed E-state index contributed by atoms with van der Waals surface area (Å²) in [6, 6.07) is 8.77. The van der Waals surface area contributed by atoms with Gasteiger partial charge in [0.05, 0.1) is 11.4 Å². The fourth-order valence-corrected chi connectivity index (χ4v) is 4.45. The molecule has 8 heteroatoms. The highest BCUT2D eigenvalue weighted by Gasteiger charge is 2.21. The molecule has 1 unspecified atom stereocenters. The van der Waals surface area contributed by atoms with E-state index in [-0.39, 0.29) is 18.4 Å². The Morgan fingerprint density at radius 3 is 2.78 bits per heavy atom. The normalized spacial score (nSPS) is 15.6. The van der Waals surface area contributed by atoms with Crippen LogP contribution in [0.15, 0.2) is 34.8 Å². The van der Waals surface area contributed by atoms with Crippen LogP contribution < -0.4 is 16.2 Å². The predicted molar refractivity (Wildman–Crippen MR) is 108 cm³/mol. The summed E-state index contributed by atoms with van der Waals surface area (Å²) >= 11 is 4.77. The van der Waals surface area contributed by atoms with E-state index in [9.17, 15) is 14.4 Å². The second kappa shape index (κ2) is 8.67. The van der Waals surface area contributed by atoms with Crippen molar-refractivity contribution in [2.24, 2.45) is 5.92 Å². The third kappa shape index (κ3) is 5.17. The third-order valence-electron chi connectivity index (χ3n) is 4.36. The van der Waals surface area contributed by atoms with Crippen LogP contribution in [0.4, 0.5) is 0 Å². The van der Waals surface area contributed by atoms with Crippen LogP contribution in [0.25, 0.3) is 0 Å². The minimum atomic E-state index is -0.498. The number of halogens is 1. The molecule has 0 radical (unpaired) electrons. The van der Waals surface area contributed by atoms with Crippen molar-refractivity contribution >= 4 is 45.0 Å². The van der Waals surface area contributed by atoms with Crippen LogP contribution in [-0.4, -0.2) is 24.3 Å². The zero-order chi connectivity index (χ0) is 19.4. The van der Waals surface area contributed by atoms with Crippen molar-refractivity contribution in [2.45, 2.75) is 26.2 Å². The van der Waals surface area contributed by atoms with Gasteiger partial charge in [-0.05, 0) is 55.0 Å². The highest BCUT2D eigenvalue weighted by molar-refractivity contribution is 9.10. The predicted octanol–water partition coefficient (Wildman–Crippen LogP) is 2.83. The number of aryl methyl sites for hydroxylation is 1.